The lowest BCUT2D eigenvalue weighted by Gasteiger charge is -2.14. The molecule has 29 heavy (non-hydrogen) atoms. The summed E-state index contributed by atoms with van der Waals surface area (Å²) in [5.74, 6) is 0.525. The molecule has 4 rings (SSSR count). The normalized spacial score (nSPS) is 17.6. The van der Waals surface area contributed by atoms with Crippen molar-refractivity contribution in [2.24, 2.45) is 0 Å². The van der Waals surface area contributed by atoms with Gasteiger partial charge in [-0.3, -0.25) is 18.9 Å². The topological polar surface area (TPSA) is 122 Å². The molecule has 0 bridgehead atoms. The first-order valence-corrected chi connectivity index (χ1v) is 9.26. The molecule has 1 fully saturated rings. The molecule has 2 atom stereocenters. The molecule has 2 N–H and O–H groups in total. The number of nitrogens with zero attached hydrogens (tertiary/aromatic N) is 4. The summed E-state index contributed by atoms with van der Waals surface area (Å²) in [4.78, 5) is 38.0. The van der Waals surface area contributed by atoms with Crippen LogP contribution in [0.5, 0.6) is 0 Å². The Morgan fingerprint density at radius 3 is 2.93 bits per heavy atom. The molecule has 1 saturated heterocycles. The van der Waals surface area contributed by atoms with Gasteiger partial charge in [-0.05, 0) is 37.6 Å². The van der Waals surface area contributed by atoms with Crippen LogP contribution in [-0.2, 0) is 16.1 Å². The lowest BCUT2D eigenvalue weighted by molar-refractivity contribution is -0.128. The van der Waals surface area contributed by atoms with Gasteiger partial charge in [0.1, 0.15) is 11.8 Å². The van der Waals surface area contributed by atoms with E-state index in [0.717, 1.165) is 4.90 Å². The van der Waals surface area contributed by atoms with Crippen LogP contribution in [-0.4, -0.2) is 43.4 Å². The van der Waals surface area contributed by atoms with Crippen LogP contribution in [0.4, 0.5) is 4.79 Å². The largest absolute Gasteiger partial charge is 0.467 e. The molecule has 0 saturated carbocycles. The van der Waals surface area contributed by atoms with E-state index >= 15 is 0 Å². The van der Waals surface area contributed by atoms with Gasteiger partial charge in [0.15, 0.2) is 11.5 Å². The van der Waals surface area contributed by atoms with Crippen molar-refractivity contribution >= 4 is 23.5 Å². The van der Waals surface area contributed by atoms with E-state index in [-0.39, 0.29) is 37.2 Å². The molecule has 1 aliphatic rings. The van der Waals surface area contributed by atoms with Crippen LogP contribution in [0.2, 0.25) is 0 Å². The van der Waals surface area contributed by atoms with Crippen molar-refractivity contribution in [3.63, 3.8) is 0 Å². The lowest BCUT2D eigenvalue weighted by Crippen LogP contribution is -2.33. The zero-order valence-electron chi connectivity index (χ0n) is 15.7. The van der Waals surface area contributed by atoms with Crippen molar-refractivity contribution in [2.75, 3.05) is 0 Å². The van der Waals surface area contributed by atoms with E-state index in [9.17, 15) is 14.4 Å². The molecule has 4 heterocycles. The van der Waals surface area contributed by atoms with E-state index in [1.807, 2.05) is 31.3 Å². The second kappa shape index (κ2) is 7.74. The number of amides is 4. The van der Waals surface area contributed by atoms with Crippen molar-refractivity contribution < 1.29 is 18.8 Å². The molecule has 0 radical (unpaired) electrons. The van der Waals surface area contributed by atoms with Crippen LogP contribution in [0.1, 0.15) is 37.4 Å². The average Bonchev–Trinajstić information content (AvgIpc) is 3.42. The number of pyridine rings is 1. The SMILES string of the molecule is C[C@H](NC(=O)CCC1NC(=O)N(Cc2ccco2)C1=O)c1nnc2ccccn12. The number of hydrogen-bond donors (Lipinski definition) is 2. The number of nitrogens with one attached hydrogen (secondary N) is 2. The average molecular weight is 396 g/mol. The van der Waals surface area contributed by atoms with Gasteiger partial charge in [-0.1, -0.05) is 6.07 Å². The van der Waals surface area contributed by atoms with Gasteiger partial charge in [-0.2, -0.15) is 0 Å². The Balaban J connectivity index is 1.31. The van der Waals surface area contributed by atoms with Crippen LogP contribution < -0.4 is 10.6 Å². The second-order valence-corrected chi connectivity index (χ2v) is 6.82. The third-order valence-corrected chi connectivity index (χ3v) is 4.77. The highest BCUT2D eigenvalue weighted by atomic mass is 16.3. The zero-order chi connectivity index (χ0) is 20.4. The number of rotatable bonds is 7. The molecule has 1 unspecified atom stereocenters. The number of aromatic nitrogens is 3. The minimum absolute atomic E-state index is 0.0668. The van der Waals surface area contributed by atoms with E-state index in [2.05, 4.69) is 20.8 Å². The van der Waals surface area contributed by atoms with E-state index in [1.54, 1.807) is 16.5 Å². The summed E-state index contributed by atoms with van der Waals surface area (Å²) in [6.07, 6.45) is 3.60. The first-order chi connectivity index (χ1) is 14.0. The minimum Gasteiger partial charge on any atom is -0.467 e. The highest BCUT2D eigenvalue weighted by Crippen LogP contribution is 2.16. The Hall–Kier alpha value is -3.69. The molecular weight excluding hydrogens is 376 g/mol. The van der Waals surface area contributed by atoms with E-state index in [1.165, 1.54) is 6.26 Å². The van der Waals surface area contributed by atoms with Crippen LogP contribution in [0.3, 0.4) is 0 Å². The third kappa shape index (κ3) is 3.82. The standard InChI is InChI=1S/C19H20N6O4/c1-12(17-23-22-15-6-2-3-9-24(15)17)20-16(26)8-7-14-18(27)25(19(28)21-14)11-13-5-4-10-29-13/h2-6,9-10,12,14H,7-8,11H2,1H3,(H,20,26)(H,21,28)/t12-,14?/m0/s1. The molecule has 10 heteroatoms. The zero-order valence-corrected chi connectivity index (χ0v) is 15.7. The van der Waals surface area contributed by atoms with Gasteiger partial charge in [0.25, 0.3) is 5.91 Å². The van der Waals surface area contributed by atoms with Crippen molar-refractivity contribution in [3.8, 4) is 0 Å². The van der Waals surface area contributed by atoms with Crippen LogP contribution >= 0.6 is 0 Å². The maximum atomic E-state index is 12.5. The van der Waals surface area contributed by atoms with Crippen LogP contribution in [0, 0.1) is 0 Å². The van der Waals surface area contributed by atoms with Crippen molar-refractivity contribution in [3.05, 3.63) is 54.4 Å². The predicted molar refractivity (Wildman–Crippen MR) is 100 cm³/mol. The molecule has 3 aromatic rings. The molecule has 0 spiro atoms. The van der Waals surface area contributed by atoms with Gasteiger partial charge in [0.2, 0.25) is 5.91 Å². The highest BCUT2D eigenvalue weighted by Gasteiger charge is 2.38. The van der Waals surface area contributed by atoms with Gasteiger partial charge in [-0.15, -0.1) is 10.2 Å². The van der Waals surface area contributed by atoms with E-state index < -0.39 is 12.1 Å². The second-order valence-electron chi connectivity index (χ2n) is 6.82. The van der Waals surface area contributed by atoms with Crippen LogP contribution in [0.25, 0.3) is 5.65 Å². The van der Waals surface area contributed by atoms with Crippen LogP contribution in [0.15, 0.2) is 47.2 Å². The molecule has 3 aromatic heterocycles. The summed E-state index contributed by atoms with van der Waals surface area (Å²) in [7, 11) is 0. The maximum Gasteiger partial charge on any atom is 0.325 e. The summed E-state index contributed by atoms with van der Waals surface area (Å²) in [6, 6.07) is 7.35. The summed E-state index contributed by atoms with van der Waals surface area (Å²) in [6.45, 7) is 1.88. The summed E-state index contributed by atoms with van der Waals surface area (Å²) in [5, 5.41) is 13.7. The Morgan fingerprint density at radius 1 is 1.28 bits per heavy atom. The van der Waals surface area contributed by atoms with Gasteiger partial charge >= 0.3 is 6.03 Å². The molecule has 1 aliphatic heterocycles. The molecule has 150 valence electrons. The number of hydrogen-bond acceptors (Lipinski definition) is 6. The Kier molecular flexibility index (Phi) is 4.98. The van der Waals surface area contributed by atoms with E-state index in [4.69, 9.17) is 4.42 Å². The fraction of sp³-hybridized carbons (Fsp3) is 0.316. The van der Waals surface area contributed by atoms with Crippen molar-refractivity contribution in [1.29, 1.82) is 0 Å². The summed E-state index contributed by atoms with van der Waals surface area (Å²) in [5.41, 5.74) is 0.694. The smallest absolute Gasteiger partial charge is 0.325 e. The van der Waals surface area contributed by atoms with Crippen molar-refractivity contribution in [2.45, 2.75) is 38.4 Å². The Bertz CT molecular complexity index is 1040. The Labute approximate surface area is 165 Å². The maximum absolute atomic E-state index is 12.5. The summed E-state index contributed by atoms with van der Waals surface area (Å²) >= 11 is 0. The fourth-order valence-electron chi connectivity index (χ4n) is 3.29. The number of fused-ring (bicyclic) bond motifs is 1. The minimum atomic E-state index is -0.729. The lowest BCUT2D eigenvalue weighted by atomic mass is 10.1. The molecule has 10 nitrogen and oxygen atoms in total. The highest BCUT2D eigenvalue weighted by molar-refractivity contribution is 6.04. The number of carbonyl (C=O) groups excluding carboxylic acids is 3. The predicted octanol–water partition coefficient (Wildman–Crippen LogP) is 1.40. The number of urea groups is 1. The third-order valence-electron chi connectivity index (χ3n) is 4.77. The molecular formula is C19H20N6O4. The number of carbonyl (C=O) groups is 3. The monoisotopic (exact) mass is 396 g/mol. The first kappa shape index (κ1) is 18.7. The first-order valence-electron chi connectivity index (χ1n) is 9.26. The number of furan rings is 1. The van der Waals surface area contributed by atoms with Gasteiger partial charge in [0, 0.05) is 12.6 Å². The van der Waals surface area contributed by atoms with E-state index in [0.29, 0.717) is 17.2 Å². The molecule has 0 aromatic carbocycles. The molecule has 4 amide bonds. The van der Waals surface area contributed by atoms with Gasteiger partial charge in [0.05, 0.1) is 18.8 Å². The molecule has 0 aliphatic carbocycles. The van der Waals surface area contributed by atoms with Gasteiger partial charge < -0.3 is 15.1 Å². The van der Waals surface area contributed by atoms with Crippen molar-refractivity contribution in [1.82, 2.24) is 30.1 Å². The Morgan fingerprint density at radius 2 is 2.14 bits per heavy atom. The summed E-state index contributed by atoms with van der Waals surface area (Å²) < 4.78 is 6.99. The van der Waals surface area contributed by atoms with Gasteiger partial charge in [-0.25, -0.2) is 4.79 Å². The quantitative estimate of drug-likeness (QED) is 0.582. The fourth-order valence-corrected chi connectivity index (χ4v) is 3.29. The number of imide groups is 1.